The van der Waals surface area contributed by atoms with Crippen LogP contribution in [0, 0.1) is 0 Å². The van der Waals surface area contributed by atoms with Crippen LogP contribution in [0.15, 0.2) is 0 Å². The lowest BCUT2D eigenvalue weighted by atomic mass is 10.1. The normalized spacial score (nSPS) is 19.5. The van der Waals surface area contributed by atoms with E-state index in [1.807, 2.05) is 0 Å². The summed E-state index contributed by atoms with van der Waals surface area (Å²) in [5.74, 6) is -0.806. The van der Waals surface area contributed by atoms with Gasteiger partial charge >= 0.3 is 17.9 Å². The van der Waals surface area contributed by atoms with Crippen molar-refractivity contribution in [3.05, 3.63) is 0 Å². The van der Waals surface area contributed by atoms with Crippen molar-refractivity contribution >= 4 is 17.9 Å². The Morgan fingerprint density at radius 1 is 0.486 bits per heavy atom. The summed E-state index contributed by atoms with van der Waals surface area (Å²) >= 11 is 0. The second-order valence-electron chi connectivity index (χ2n) is 10.1. The first-order chi connectivity index (χ1) is 17.0. The summed E-state index contributed by atoms with van der Waals surface area (Å²) in [7, 11) is 0. The number of ether oxygens (including phenoxy) is 3. The third-order valence-electron chi connectivity index (χ3n) is 6.76. The molecule has 0 N–H and O–H groups in total. The van der Waals surface area contributed by atoms with E-state index in [2.05, 4.69) is 20.8 Å². The molecule has 0 spiro atoms. The number of rotatable bonds is 21. The van der Waals surface area contributed by atoms with Gasteiger partial charge < -0.3 is 14.2 Å². The van der Waals surface area contributed by atoms with Crippen LogP contribution < -0.4 is 0 Å². The van der Waals surface area contributed by atoms with Crippen molar-refractivity contribution in [1.29, 1.82) is 0 Å². The van der Waals surface area contributed by atoms with Crippen molar-refractivity contribution in [2.75, 3.05) is 0 Å². The Bertz CT molecular complexity index is 540. The highest BCUT2D eigenvalue weighted by molar-refractivity contribution is 5.71. The largest absolute Gasteiger partial charge is 0.458 e. The zero-order chi connectivity index (χ0) is 25.7. The quantitative estimate of drug-likeness (QED) is 0.0925. The van der Waals surface area contributed by atoms with Gasteiger partial charge in [-0.05, 0) is 32.1 Å². The summed E-state index contributed by atoms with van der Waals surface area (Å²) in [6, 6.07) is 0. The second kappa shape index (κ2) is 20.6. The Morgan fingerprint density at radius 3 is 1.14 bits per heavy atom. The van der Waals surface area contributed by atoms with Gasteiger partial charge in [0.1, 0.15) is 12.2 Å². The zero-order valence-corrected chi connectivity index (χ0v) is 22.8. The summed E-state index contributed by atoms with van der Waals surface area (Å²) < 4.78 is 17.2. The van der Waals surface area contributed by atoms with Gasteiger partial charge in [-0.1, -0.05) is 97.8 Å². The van der Waals surface area contributed by atoms with Crippen molar-refractivity contribution in [3.8, 4) is 0 Å². The van der Waals surface area contributed by atoms with Crippen molar-refractivity contribution < 1.29 is 28.6 Å². The smallest absolute Gasteiger partial charge is 0.306 e. The summed E-state index contributed by atoms with van der Waals surface area (Å²) in [6.07, 6.45) is 16.2. The Morgan fingerprint density at radius 2 is 0.800 bits per heavy atom. The van der Waals surface area contributed by atoms with Crippen LogP contribution in [0.1, 0.15) is 149 Å². The molecule has 2 atom stereocenters. The first kappa shape index (κ1) is 31.4. The summed E-state index contributed by atoms with van der Waals surface area (Å²) in [6.45, 7) is 6.49. The van der Waals surface area contributed by atoms with Crippen LogP contribution in [-0.2, 0) is 28.6 Å². The molecule has 0 aromatic heterocycles. The first-order valence-corrected chi connectivity index (χ1v) is 14.6. The van der Waals surface area contributed by atoms with Crippen LogP contribution in [0.2, 0.25) is 0 Å². The van der Waals surface area contributed by atoms with Gasteiger partial charge in [-0.2, -0.15) is 0 Å². The van der Waals surface area contributed by atoms with Crippen LogP contribution >= 0.6 is 0 Å². The summed E-state index contributed by atoms with van der Waals surface area (Å²) in [5, 5.41) is 0. The van der Waals surface area contributed by atoms with Gasteiger partial charge in [-0.25, -0.2) is 0 Å². The van der Waals surface area contributed by atoms with E-state index in [4.69, 9.17) is 14.2 Å². The molecule has 2 unspecified atom stereocenters. The molecule has 0 aliphatic heterocycles. The molecule has 1 rings (SSSR count). The van der Waals surface area contributed by atoms with Crippen molar-refractivity contribution in [1.82, 2.24) is 0 Å². The van der Waals surface area contributed by atoms with Gasteiger partial charge in [0.25, 0.3) is 0 Å². The second-order valence-corrected chi connectivity index (χ2v) is 10.1. The number of hydrogen-bond donors (Lipinski definition) is 0. The molecule has 1 aliphatic rings. The van der Waals surface area contributed by atoms with Crippen LogP contribution in [0.3, 0.4) is 0 Å². The molecule has 0 aromatic carbocycles. The van der Waals surface area contributed by atoms with E-state index in [9.17, 15) is 14.4 Å². The minimum atomic E-state index is -0.703. The Hall–Kier alpha value is -1.59. The zero-order valence-electron chi connectivity index (χ0n) is 22.8. The van der Waals surface area contributed by atoms with Crippen LogP contribution in [0.4, 0.5) is 0 Å². The first-order valence-electron chi connectivity index (χ1n) is 14.6. The topological polar surface area (TPSA) is 78.9 Å². The highest BCUT2D eigenvalue weighted by Gasteiger charge is 2.43. The van der Waals surface area contributed by atoms with Gasteiger partial charge in [0.05, 0.1) is 0 Å². The fraction of sp³-hybridized carbons (Fsp3) is 0.897. The standard InChI is InChI=1S/C29H52O6/c1-4-7-10-13-16-19-26(30)33-24-22-23-25(34-27(31)20-17-14-11-8-5-2)29(24)35-28(32)21-18-15-12-9-6-3/h24-25,29H,4-23H2,1-3H3. The molecule has 1 aliphatic carbocycles. The molecule has 0 saturated heterocycles. The minimum Gasteiger partial charge on any atom is -0.458 e. The number of esters is 3. The highest BCUT2D eigenvalue weighted by Crippen LogP contribution is 2.30. The van der Waals surface area contributed by atoms with E-state index in [0.717, 1.165) is 77.0 Å². The molecule has 6 heteroatoms. The predicted octanol–water partition coefficient (Wildman–Crippen LogP) is 7.60. The average molecular weight is 497 g/mol. The maximum atomic E-state index is 12.5. The van der Waals surface area contributed by atoms with Gasteiger partial charge in [0, 0.05) is 19.3 Å². The molecule has 0 radical (unpaired) electrons. The van der Waals surface area contributed by atoms with Crippen LogP contribution in [0.5, 0.6) is 0 Å². The van der Waals surface area contributed by atoms with Crippen LogP contribution in [0.25, 0.3) is 0 Å². The molecule has 0 bridgehead atoms. The molecule has 1 fully saturated rings. The molecule has 0 amide bonds. The Labute approximate surface area is 214 Å². The molecule has 0 aromatic rings. The number of carbonyl (C=O) groups is 3. The van der Waals surface area contributed by atoms with Gasteiger partial charge in [-0.3, -0.25) is 14.4 Å². The van der Waals surface area contributed by atoms with Gasteiger partial charge in [-0.15, -0.1) is 0 Å². The fourth-order valence-corrected chi connectivity index (χ4v) is 4.59. The van der Waals surface area contributed by atoms with Gasteiger partial charge in [0.2, 0.25) is 0 Å². The summed E-state index contributed by atoms with van der Waals surface area (Å²) in [4.78, 5) is 37.4. The van der Waals surface area contributed by atoms with E-state index < -0.39 is 18.3 Å². The maximum Gasteiger partial charge on any atom is 0.306 e. The van der Waals surface area contributed by atoms with Crippen molar-refractivity contribution in [3.63, 3.8) is 0 Å². The molecule has 35 heavy (non-hydrogen) atoms. The molecular weight excluding hydrogens is 444 g/mol. The molecule has 0 heterocycles. The molecule has 204 valence electrons. The highest BCUT2D eigenvalue weighted by atomic mass is 16.6. The Kier molecular flexibility index (Phi) is 18.5. The van der Waals surface area contributed by atoms with Crippen molar-refractivity contribution in [2.45, 2.75) is 167 Å². The summed E-state index contributed by atoms with van der Waals surface area (Å²) in [5.41, 5.74) is 0. The minimum absolute atomic E-state index is 0.255. The number of unbranched alkanes of at least 4 members (excludes halogenated alkanes) is 12. The third-order valence-corrected chi connectivity index (χ3v) is 6.76. The average Bonchev–Trinajstić information content (AvgIpc) is 3.18. The van der Waals surface area contributed by atoms with Crippen LogP contribution in [-0.4, -0.2) is 36.2 Å². The van der Waals surface area contributed by atoms with Gasteiger partial charge in [0.15, 0.2) is 6.10 Å². The SMILES string of the molecule is CCCCCCCC(=O)OC1CCC(OC(=O)CCCCCCC)C1OC(=O)CCCCCCC. The maximum absolute atomic E-state index is 12.5. The van der Waals surface area contributed by atoms with E-state index >= 15 is 0 Å². The lowest BCUT2D eigenvalue weighted by Crippen LogP contribution is -2.39. The molecular formula is C29H52O6. The fourth-order valence-electron chi connectivity index (χ4n) is 4.59. The van der Waals surface area contributed by atoms with E-state index in [-0.39, 0.29) is 17.9 Å². The molecule has 1 saturated carbocycles. The van der Waals surface area contributed by atoms with E-state index in [1.54, 1.807) is 0 Å². The Balaban J connectivity index is 2.57. The monoisotopic (exact) mass is 496 g/mol. The number of carbonyl (C=O) groups excluding carboxylic acids is 3. The van der Waals surface area contributed by atoms with Crippen molar-refractivity contribution in [2.24, 2.45) is 0 Å². The lowest BCUT2D eigenvalue weighted by Gasteiger charge is -2.25. The third kappa shape index (κ3) is 15.2. The molecule has 6 nitrogen and oxygen atoms in total. The van der Waals surface area contributed by atoms with E-state index in [1.165, 1.54) is 19.3 Å². The lowest BCUT2D eigenvalue weighted by molar-refractivity contribution is -0.177. The predicted molar refractivity (Wildman–Crippen MR) is 139 cm³/mol. The van der Waals surface area contributed by atoms with E-state index in [0.29, 0.717) is 32.1 Å². The number of hydrogen-bond acceptors (Lipinski definition) is 6.